The second-order valence-corrected chi connectivity index (χ2v) is 8.85. The molecule has 0 amide bonds. The number of methoxy groups -OCH3 is 1. The lowest BCUT2D eigenvalue weighted by molar-refractivity contribution is 0.0368. The molecule has 0 bridgehead atoms. The fourth-order valence-corrected chi connectivity index (χ4v) is 4.77. The first-order chi connectivity index (χ1) is 14.6. The molecule has 2 aliphatic rings. The molecule has 0 aromatic carbocycles. The summed E-state index contributed by atoms with van der Waals surface area (Å²) in [6, 6.07) is 0. The van der Waals surface area contributed by atoms with Crippen molar-refractivity contribution in [2.24, 2.45) is 12.0 Å². The van der Waals surface area contributed by atoms with Crippen molar-refractivity contribution in [3.63, 3.8) is 0 Å². The van der Waals surface area contributed by atoms with Gasteiger partial charge in [-0.15, -0.1) is 34.2 Å². The molecule has 0 spiro atoms. The summed E-state index contributed by atoms with van der Waals surface area (Å²) in [5.74, 6) is 2.66. The van der Waals surface area contributed by atoms with Crippen LogP contribution < -0.4 is 10.6 Å². The van der Waals surface area contributed by atoms with E-state index in [1.54, 1.807) is 7.11 Å². The first kappa shape index (κ1) is 26.3. The van der Waals surface area contributed by atoms with Gasteiger partial charge in [-0.2, -0.15) is 0 Å². The number of aliphatic imine (C=N–C) groups is 1. The second-order valence-electron chi connectivity index (χ2n) is 8.85. The van der Waals surface area contributed by atoms with E-state index in [0.29, 0.717) is 6.54 Å². The molecule has 1 saturated heterocycles. The van der Waals surface area contributed by atoms with Crippen molar-refractivity contribution in [1.82, 2.24) is 30.3 Å². The lowest BCUT2D eigenvalue weighted by Crippen LogP contribution is -2.59. The third-order valence-electron chi connectivity index (χ3n) is 6.78. The van der Waals surface area contributed by atoms with Crippen LogP contribution in [0, 0.1) is 6.92 Å². The Morgan fingerprint density at radius 2 is 1.77 bits per heavy atom. The minimum Gasteiger partial charge on any atom is -0.385 e. The molecule has 1 aliphatic carbocycles. The van der Waals surface area contributed by atoms with Gasteiger partial charge in [0.1, 0.15) is 12.4 Å². The molecular formula is C22H42IN7O. The van der Waals surface area contributed by atoms with Gasteiger partial charge in [-0.25, -0.2) is 4.99 Å². The first-order valence-electron chi connectivity index (χ1n) is 11.8. The summed E-state index contributed by atoms with van der Waals surface area (Å²) >= 11 is 0. The maximum atomic E-state index is 5.19. The highest BCUT2D eigenvalue weighted by Gasteiger charge is 2.38. The monoisotopic (exact) mass is 547 g/mol. The minimum absolute atomic E-state index is 0. The molecule has 3 rings (SSSR count). The summed E-state index contributed by atoms with van der Waals surface area (Å²) < 4.78 is 7.20. The van der Waals surface area contributed by atoms with Crippen LogP contribution in [0.2, 0.25) is 0 Å². The molecule has 0 radical (unpaired) electrons. The average Bonchev–Trinajstić information content (AvgIpc) is 3.11. The fourth-order valence-electron chi connectivity index (χ4n) is 4.77. The number of hydrogen-bond acceptors (Lipinski definition) is 5. The molecule has 2 N–H and O–H groups in total. The molecule has 2 fully saturated rings. The normalized spacial score (nSPS) is 19.6. The third kappa shape index (κ3) is 7.56. The standard InChI is InChI=1S/C22H41N7O.HI/c1-19-26-27-20(28(19)2)17-24-21(23-13-10-16-30-3)25-18-22(11-6-4-7-12-22)29-14-8-5-9-15-29;/h4-18H2,1-3H3,(H2,23,24,25);1H. The molecule has 1 aliphatic heterocycles. The van der Waals surface area contributed by atoms with E-state index in [2.05, 4.69) is 25.7 Å². The van der Waals surface area contributed by atoms with Crippen molar-refractivity contribution in [3.8, 4) is 0 Å². The predicted molar refractivity (Wildman–Crippen MR) is 136 cm³/mol. The van der Waals surface area contributed by atoms with Gasteiger partial charge in [0.05, 0.1) is 0 Å². The summed E-state index contributed by atoms with van der Waals surface area (Å²) in [6.07, 6.45) is 11.6. The molecule has 1 saturated carbocycles. The first-order valence-corrected chi connectivity index (χ1v) is 11.8. The Morgan fingerprint density at radius 1 is 1.06 bits per heavy atom. The molecule has 31 heavy (non-hydrogen) atoms. The molecule has 8 nitrogen and oxygen atoms in total. The largest absolute Gasteiger partial charge is 0.385 e. The van der Waals surface area contributed by atoms with Gasteiger partial charge >= 0.3 is 0 Å². The number of hydrogen-bond donors (Lipinski definition) is 2. The van der Waals surface area contributed by atoms with Crippen molar-refractivity contribution in [2.45, 2.75) is 76.8 Å². The van der Waals surface area contributed by atoms with Crippen LogP contribution in [-0.2, 0) is 18.3 Å². The number of rotatable bonds is 9. The second kappa shape index (κ2) is 13.6. The minimum atomic E-state index is 0. The van der Waals surface area contributed by atoms with Crippen LogP contribution in [0.1, 0.15) is 69.4 Å². The van der Waals surface area contributed by atoms with Crippen LogP contribution in [0.3, 0.4) is 0 Å². The fraction of sp³-hybridized carbons (Fsp3) is 0.864. The summed E-state index contributed by atoms with van der Waals surface area (Å²) in [5.41, 5.74) is 0.273. The van der Waals surface area contributed by atoms with E-state index in [9.17, 15) is 0 Å². The van der Waals surface area contributed by atoms with E-state index in [1.165, 1.54) is 64.5 Å². The van der Waals surface area contributed by atoms with Gasteiger partial charge < -0.3 is 19.9 Å². The SMILES string of the molecule is COCCCNC(=NCc1nnc(C)n1C)NCC1(N2CCCCC2)CCCCC1.I. The number of aromatic nitrogens is 3. The van der Waals surface area contributed by atoms with E-state index in [4.69, 9.17) is 9.73 Å². The van der Waals surface area contributed by atoms with Gasteiger partial charge in [-0.3, -0.25) is 4.90 Å². The summed E-state index contributed by atoms with van der Waals surface area (Å²) in [7, 11) is 3.74. The highest BCUT2D eigenvalue weighted by molar-refractivity contribution is 14.0. The van der Waals surface area contributed by atoms with Crippen LogP contribution >= 0.6 is 24.0 Å². The molecular weight excluding hydrogens is 505 g/mol. The molecule has 0 atom stereocenters. The van der Waals surface area contributed by atoms with E-state index in [-0.39, 0.29) is 29.5 Å². The summed E-state index contributed by atoms with van der Waals surface area (Å²) in [5, 5.41) is 15.6. The number of piperidine rings is 1. The number of ether oxygens (including phenoxy) is 1. The van der Waals surface area contributed by atoms with Gasteiger partial charge in [0, 0.05) is 39.4 Å². The Labute approximate surface area is 205 Å². The topological polar surface area (TPSA) is 79.6 Å². The average molecular weight is 548 g/mol. The summed E-state index contributed by atoms with van der Waals surface area (Å²) in [4.78, 5) is 7.61. The van der Waals surface area contributed by atoms with Crippen LogP contribution in [0.4, 0.5) is 0 Å². The number of likely N-dealkylation sites (tertiary alicyclic amines) is 1. The van der Waals surface area contributed by atoms with Crippen LogP contribution in [0.15, 0.2) is 4.99 Å². The Bertz CT molecular complexity index is 667. The van der Waals surface area contributed by atoms with E-state index >= 15 is 0 Å². The van der Waals surface area contributed by atoms with Gasteiger partial charge in [0.15, 0.2) is 11.8 Å². The summed E-state index contributed by atoms with van der Waals surface area (Å²) in [6.45, 7) is 7.53. The maximum Gasteiger partial charge on any atom is 0.191 e. The van der Waals surface area contributed by atoms with Crippen LogP contribution in [0.25, 0.3) is 0 Å². The van der Waals surface area contributed by atoms with Crippen molar-refractivity contribution >= 4 is 29.9 Å². The lowest BCUT2D eigenvalue weighted by Gasteiger charge is -2.48. The highest BCUT2D eigenvalue weighted by Crippen LogP contribution is 2.35. The van der Waals surface area contributed by atoms with Crippen molar-refractivity contribution in [1.29, 1.82) is 0 Å². The zero-order valence-electron chi connectivity index (χ0n) is 19.7. The number of nitrogens with one attached hydrogen (secondary N) is 2. The molecule has 1 aromatic rings. The lowest BCUT2D eigenvalue weighted by atomic mass is 9.79. The Kier molecular flexibility index (Phi) is 11.5. The van der Waals surface area contributed by atoms with Gasteiger partial charge in [-0.1, -0.05) is 25.7 Å². The van der Waals surface area contributed by atoms with Crippen molar-refractivity contribution in [3.05, 3.63) is 11.6 Å². The molecule has 0 unspecified atom stereocenters. The molecule has 9 heteroatoms. The number of nitrogens with zero attached hydrogens (tertiary/aromatic N) is 5. The predicted octanol–water partition coefficient (Wildman–Crippen LogP) is 3.00. The molecule has 1 aromatic heterocycles. The number of halogens is 1. The van der Waals surface area contributed by atoms with Gasteiger partial charge in [-0.05, 0) is 52.1 Å². The number of guanidine groups is 1. The number of aryl methyl sites for hydroxylation is 1. The highest BCUT2D eigenvalue weighted by atomic mass is 127. The van der Waals surface area contributed by atoms with Crippen molar-refractivity contribution in [2.75, 3.05) is 39.9 Å². The van der Waals surface area contributed by atoms with Crippen molar-refractivity contribution < 1.29 is 4.74 Å². The van der Waals surface area contributed by atoms with Gasteiger partial charge in [0.25, 0.3) is 0 Å². The van der Waals surface area contributed by atoms with E-state index < -0.39 is 0 Å². The zero-order chi connectivity index (χ0) is 21.2. The van der Waals surface area contributed by atoms with E-state index in [0.717, 1.165) is 43.7 Å². The van der Waals surface area contributed by atoms with Crippen LogP contribution in [-0.4, -0.2) is 71.1 Å². The molecule has 2 heterocycles. The third-order valence-corrected chi connectivity index (χ3v) is 6.78. The van der Waals surface area contributed by atoms with E-state index in [1.807, 2.05) is 18.5 Å². The zero-order valence-corrected chi connectivity index (χ0v) is 22.0. The van der Waals surface area contributed by atoms with Gasteiger partial charge in [0.2, 0.25) is 0 Å². The quantitative estimate of drug-likeness (QED) is 0.214. The Hall–Kier alpha value is -0.940. The van der Waals surface area contributed by atoms with Crippen LogP contribution in [0.5, 0.6) is 0 Å². The smallest absolute Gasteiger partial charge is 0.191 e. The maximum absolute atomic E-state index is 5.19. The Morgan fingerprint density at radius 3 is 2.42 bits per heavy atom. The Balaban J connectivity index is 0.00000341. The molecule has 178 valence electrons.